The lowest BCUT2D eigenvalue weighted by molar-refractivity contribution is -0.158. The highest BCUT2D eigenvalue weighted by atomic mass is 28.4. The van der Waals surface area contributed by atoms with Gasteiger partial charge in [-0.2, -0.15) is 0 Å². The summed E-state index contributed by atoms with van der Waals surface area (Å²) < 4.78 is 24.3. The number of ether oxygens (including phenoxy) is 1. The van der Waals surface area contributed by atoms with Gasteiger partial charge in [-0.25, -0.2) is 0 Å². The lowest BCUT2D eigenvalue weighted by Crippen LogP contribution is -2.48. The van der Waals surface area contributed by atoms with Crippen molar-refractivity contribution < 1.29 is 18.0 Å². The first kappa shape index (κ1) is 19.4. The van der Waals surface area contributed by atoms with E-state index in [-0.39, 0.29) is 6.29 Å². The zero-order valence-electron chi connectivity index (χ0n) is 16.1. The molecular formula is C18H36O4Si. The quantitative estimate of drug-likeness (QED) is 0.457. The Morgan fingerprint density at radius 3 is 2.13 bits per heavy atom. The zero-order chi connectivity index (χ0) is 17.3. The van der Waals surface area contributed by atoms with E-state index in [9.17, 15) is 0 Å². The lowest BCUT2D eigenvalue weighted by Gasteiger charge is -2.35. The van der Waals surface area contributed by atoms with Crippen LogP contribution in [0.15, 0.2) is 0 Å². The van der Waals surface area contributed by atoms with E-state index in [4.69, 9.17) is 18.0 Å². The fraction of sp³-hybridized carbons (Fsp3) is 1.00. The minimum atomic E-state index is -2.60. The van der Waals surface area contributed by atoms with Gasteiger partial charge in [-0.3, -0.25) is 0 Å². The third kappa shape index (κ3) is 4.18. The van der Waals surface area contributed by atoms with E-state index in [0.29, 0.717) is 30.7 Å². The van der Waals surface area contributed by atoms with Gasteiger partial charge in [-0.1, -0.05) is 27.7 Å². The van der Waals surface area contributed by atoms with Crippen LogP contribution in [0.1, 0.15) is 61.3 Å². The summed E-state index contributed by atoms with van der Waals surface area (Å²) in [6.45, 7) is 16.4. The summed E-state index contributed by atoms with van der Waals surface area (Å²) in [5, 5.41) is 0. The second-order valence-corrected chi connectivity index (χ2v) is 10.6. The number of rotatable bonds is 9. The molecule has 5 unspecified atom stereocenters. The Morgan fingerprint density at radius 1 is 1.04 bits per heavy atom. The molecule has 0 amide bonds. The average molecular weight is 345 g/mol. The van der Waals surface area contributed by atoms with Crippen molar-refractivity contribution in [2.45, 2.75) is 79.7 Å². The van der Waals surface area contributed by atoms with Crippen LogP contribution >= 0.6 is 0 Å². The smallest absolute Gasteiger partial charge is 0.374 e. The molecule has 0 aromatic heterocycles. The standard InChI is InChI=1S/C18H36O4Si/c1-8-19-23(10-3,20-9-2)22-14(5)21-17-12-16-15(11-13(17)4)18(16,6)7/h13-17H,8-12H2,1-7H3. The Hall–Kier alpha value is 0.0569. The first-order valence-corrected chi connectivity index (χ1v) is 11.3. The molecule has 136 valence electrons. The lowest BCUT2D eigenvalue weighted by atomic mass is 9.88. The second-order valence-electron chi connectivity index (χ2n) is 7.75. The molecule has 0 saturated heterocycles. The van der Waals surface area contributed by atoms with Crippen LogP contribution in [0.25, 0.3) is 0 Å². The van der Waals surface area contributed by atoms with E-state index in [1.807, 2.05) is 20.8 Å². The Balaban J connectivity index is 1.91. The van der Waals surface area contributed by atoms with Crippen molar-refractivity contribution in [1.82, 2.24) is 0 Å². The molecule has 2 aliphatic carbocycles. The van der Waals surface area contributed by atoms with Gasteiger partial charge >= 0.3 is 8.80 Å². The predicted octanol–water partition coefficient (Wildman–Crippen LogP) is 4.47. The van der Waals surface area contributed by atoms with Gasteiger partial charge in [0, 0.05) is 19.3 Å². The van der Waals surface area contributed by atoms with Gasteiger partial charge in [0.05, 0.1) is 6.10 Å². The Morgan fingerprint density at radius 2 is 1.61 bits per heavy atom. The van der Waals surface area contributed by atoms with Gasteiger partial charge < -0.3 is 18.0 Å². The Bertz CT molecular complexity index is 381. The normalized spacial score (nSPS) is 34.0. The Labute approximate surface area is 143 Å². The van der Waals surface area contributed by atoms with Crippen molar-refractivity contribution in [3.63, 3.8) is 0 Å². The van der Waals surface area contributed by atoms with Crippen LogP contribution in [-0.4, -0.2) is 34.4 Å². The maximum absolute atomic E-state index is 6.30. The Kier molecular flexibility index (Phi) is 6.34. The predicted molar refractivity (Wildman–Crippen MR) is 94.1 cm³/mol. The molecule has 4 nitrogen and oxygen atoms in total. The molecule has 0 bridgehead atoms. The highest BCUT2D eigenvalue weighted by Gasteiger charge is 2.61. The molecule has 2 rings (SSSR count). The van der Waals surface area contributed by atoms with Gasteiger partial charge in [0.2, 0.25) is 0 Å². The van der Waals surface area contributed by atoms with Crippen molar-refractivity contribution >= 4 is 8.80 Å². The molecule has 0 radical (unpaired) electrons. The highest BCUT2D eigenvalue weighted by molar-refractivity contribution is 6.60. The summed E-state index contributed by atoms with van der Waals surface area (Å²) in [5.74, 6) is 2.31. The monoisotopic (exact) mass is 344 g/mol. The molecule has 0 spiro atoms. The number of hydrogen-bond donors (Lipinski definition) is 0. The maximum Gasteiger partial charge on any atom is 0.502 e. The number of fused-ring (bicyclic) bond motifs is 1. The van der Waals surface area contributed by atoms with Gasteiger partial charge in [0.25, 0.3) is 0 Å². The molecule has 0 N–H and O–H groups in total. The van der Waals surface area contributed by atoms with Crippen LogP contribution in [-0.2, 0) is 18.0 Å². The molecule has 23 heavy (non-hydrogen) atoms. The molecule has 0 aromatic carbocycles. The molecule has 0 aromatic rings. The van der Waals surface area contributed by atoms with Crippen molar-refractivity contribution in [2.75, 3.05) is 13.2 Å². The van der Waals surface area contributed by atoms with E-state index < -0.39 is 8.80 Å². The summed E-state index contributed by atoms with van der Waals surface area (Å²) in [6.07, 6.45) is 2.46. The fourth-order valence-corrected chi connectivity index (χ4v) is 6.62. The van der Waals surface area contributed by atoms with E-state index in [1.165, 1.54) is 6.42 Å². The maximum atomic E-state index is 6.30. The minimum Gasteiger partial charge on any atom is -0.374 e. The highest BCUT2D eigenvalue weighted by Crippen LogP contribution is 2.66. The van der Waals surface area contributed by atoms with Crippen molar-refractivity contribution in [2.24, 2.45) is 23.2 Å². The third-order valence-electron chi connectivity index (χ3n) is 5.91. The van der Waals surface area contributed by atoms with Gasteiger partial charge in [0.15, 0.2) is 0 Å². The number of hydrogen-bond acceptors (Lipinski definition) is 4. The summed E-state index contributed by atoms with van der Waals surface area (Å²) in [7, 11) is -2.60. The molecule has 5 heteroatoms. The topological polar surface area (TPSA) is 36.9 Å². The summed E-state index contributed by atoms with van der Waals surface area (Å²) in [4.78, 5) is 0. The summed E-state index contributed by atoms with van der Waals surface area (Å²) in [6, 6.07) is 0.778. The van der Waals surface area contributed by atoms with Gasteiger partial charge in [-0.05, 0) is 56.8 Å². The molecular weight excluding hydrogens is 308 g/mol. The SMILES string of the molecule is CCO[Si](CC)(OCC)OC(C)OC1CC2C(CC1C)C2(C)C. The molecule has 2 saturated carbocycles. The van der Waals surface area contributed by atoms with E-state index in [1.54, 1.807) is 0 Å². The van der Waals surface area contributed by atoms with Crippen LogP contribution in [0.4, 0.5) is 0 Å². The summed E-state index contributed by atoms with van der Waals surface area (Å²) in [5.41, 5.74) is 0.509. The molecule has 0 heterocycles. The fourth-order valence-electron chi connectivity index (χ4n) is 4.38. The van der Waals surface area contributed by atoms with Gasteiger partial charge in [-0.15, -0.1) is 0 Å². The average Bonchev–Trinajstić information content (AvgIpc) is 3.00. The molecule has 2 aliphatic rings. The van der Waals surface area contributed by atoms with Crippen LogP contribution in [0.3, 0.4) is 0 Å². The van der Waals surface area contributed by atoms with Crippen molar-refractivity contribution in [3.05, 3.63) is 0 Å². The summed E-state index contributed by atoms with van der Waals surface area (Å²) >= 11 is 0. The minimum absolute atomic E-state index is 0.273. The van der Waals surface area contributed by atoms with Gasteiger partial charge in [0.1, 0.15) is 6.29 Å². The zero-order valence-corrected chi connectivity index (χ0v) is 17.1. The van der Waals surface area contributed by atoms with E-state index in [0.717, 1.165) is 24.3 Å². The first-order chi connectivity index (χ1) is 10.8. The van der Waals surface area contributed by atoms with Crippen molar-refractivity contribution in [3.8, 4) is 0 Å². The van der Waals surface area contributed by atoms with Crippen molar-refractivity contribution in [1.29, 1.82) is 0 Å². The van der Waals surface area contributed by atoms with Crippen LogP contribution in [0, 0.1) is 23.2 Å². The molecule has 2 fully saturated rings. The van der Waals surface area contributed by atoms with E-state index >= 15 is 0 Å². The molecule has 5 atom stereocenters. The van der Waals surface area contributed by atoms with Crippen LogP contribution < -0.4 is 0 Å². The second kappa shape index (κ2) is 7.52. The third-order valence-corrected chi connectivity index (χ3v) is 8.92. The van der Waals surface area contributed by atoms with Crippen LogP contribution in [0.5, 0.6) is 0 Å². The molecule has 0 aliphatic heterocycles. The first-order valence-electron chi connectivity index (χ1n) is 9.40. The van der Waals surface area contributed by atoms with Crippen LogP contribution in [0.2, 0.25) is 6.04 Å². The largest absolute Gasteiger partial charge is 0.502 e. The van der Waals surface area contributed by atoms with E-state index in [2.05, 4.69) is 27.7 Å².